The summed E-state index contributed by atoms with van der Waals surface area (Å²) < 4.78 is 0. The summed E-state index contributed by atoms with van der Waals surface area (Å²) in [4.78, 5) is 0. The Morgan fingerprint density at radius 3 is 2.88 bits per heavy atom. The van der Waals surface area contributed by atoms with E-state index in [0.29, 0.717) is 6.42 Å². The van der Waals surface area contributed by atoms with Gasteiger partial charge in [-0.25, -0.2) is 0 Å². The van der Waals surface area contributed by atoms with Crippen LogP contribution in [-0.4, -0.2) is 23.8 Å². The first-order valence-corrected chi connectivity index (χ1v) is 6.24. The van der Waals surface area contributed by atoms with Crippen LogP contribution in [0.25, 0.3) is 0 Å². The van der Waals surface area contributed by atoms with Crippen molar-refractivity contribution in [2.45, 2.75) is 31.3 Å². The lowest BCUT2D eigenvalue weighted by Gasteiger charge is -2.26. The average molecular weight is 240 g/mol. The van der Waals surface area contributed by atoms with Crippen LogP contribution >= 0.6 is 11.6 Å². The Morgan fingerprint density at radius 2 is 2.06 bits per heavy atom. The van der Waals surface area contributed by atoms with Gasteiger partial charge in [0.05, 0.1) is 5.60 Å². The maximum Gasteiger partial charge on any atom is 0.0701 e. The van der Waals surface area contributed by atoms with Crippen LogP contribution in [-0.2, 0) is 6.42 Å². The van der Waals surface area contributed by atoms with E-state index in [1.54, 1.807) is 0 Å². The zero-order chi connectivity index (χ0) is 11.4. The van der Waals surface area contributed by atoms with Crippen LogP contribution in [0.3, 0.4) is 0 Å². The number of rotatable bonds is 2. The quantitative estimate of drug-likeness (QED) is 0.831. The van der Waals surface area contributed by atoms with Crippen LogP contribution in [0, 0.1) is 0 Å². The van der Waals surface area contributed by atoms with Crippen molar-refractivity contribution in [2.75, 3.05) is 13.1 Å². The number of benzene rings is 1. The molecule has 0 radical (unpaired) electrons. The lowest BCUT2D eigenvalue weighted by Crippen LogP contribution is -2.32. The van der Waals surface area contributed by atoms with Gasteiger partial charge in [-0.2, -0.15) is 0 Å². The van der Waals surface area contributed by atoms with Gasteiger partial charge in [-0.15, -0.1) is 0 Å². The molecule has 2 N–H and O–H groups in total. The lowest BCUT2D eigenvalue weighted by atomic mass is 9.88. The van der Waals surface area contributed by atoms with Gasteiger partial charge >= 0.3 is 0 Å². The van der Waals surface area contributed by atoms with E-state index in [4.69, 9.17) is 11.6 Å². The summed E-state index contributed by atoms with van der Waals surface area (Å²) in [6, 6.07) is 7.78. The molecule has 0 saturated carbocycles. The van der Waals surface area contributed by atoms with E-state index >= 15 is 0 Å². The van der Waals surface area contributed by atoms with Gasteiger partial charge in [-0.05, 0) is 44.0 Å². The predicted molar refractivity (Wildman–Crippen MR) is 66.8 cm³/mol. The highest BCUT2D eigenvalue weighted by Gasteiger charge is 2.28. The Balaban J connectivity index is 2.10. The minimum absolute atomic E-state index is 0.589. The van der Waals surface area contributed by atoms with E-state index in [1.165, 1.54) is 0 Å². The molecule has 0 spiro atoms. The molecular formula is C13H18ClNO. The number of aliphatic hydroxyl groups is 1. The molecule has 3 heteroatoms. The van der Waals surface area contributed by atoms with E-state index in [-0.39, 0.29) is 0 Å². The van der Waals surface area contributed by atoms with Crippen molar-refractivity contribution < 1.29 is 5.11 Å². The van der Waals surface area contributed by atoms with Gasteiger partial charge in [-0.1, -0.05) is 29.8 Å². The van der Waals surface area contributed by atoms with Gasteiger partial charge in [-0.3, -0.25) is 0 Å². The fourth-order valence-corrected chi connectivity index (χ4v) is 2.49. The average Bonchev–Trinajstić information content (AvgIpc) is 2.47. The molecule has 1 fully saturated rings. The normalized spacial score (nSPS) is 26.4. The summed E-state index contributed by atoms with van der Waals surface area (Å²) in [6.45, 7) is 1.89. The molecule has 1 heterocycles. The summed E-state index contributed by atoms with van der Waals surface area (Å²) in [6.07, 6.45) is 3.35. The maximum absolute atomic E-state index is 10.5. The Kier molecular flexibility index (Phi) is 3.85. The van der Waals surface area contributed by atoms with Crippen LogP contribution in [0.5, 0.6) is 0 Å². The van der Waals surface area contributed by atoms with Crippen molar-refractivity contribution >= 4 is 11.6 Å². The molecule has 2 rings (SSSR count). The van der Waals surface area contributed by atoms with Crippen LogP contribution in [0.1, 0.15) is 24.8 Å². The highest BCUT2D eigenvalue weighted by Crippen LogP contribution is 2.27. The molecule has 16 heavy (non-hydrogen) atoms. The first kappa shape index (κ1) is 11.9. The Hall–Kier alpha value is -0.570. The molecule has 1 atom stereocenters. The molecule has 1 unspecified atom stereocenters. The molecule has 1 aliphatic heterocycles. The maximum atomic E-state index is 10.5. The molecule has 88 valence electrons. The first-order chi connectivity index (χ1) is 7.70. The zero-order valence-corrected chi connectivity index (χ0v) is 10.1. The zero-order valence-electron chi connectivity index (χ0n) is 9.38. The minimum Gasteiger partial charge on any atom is -0.389 e. The van der Waals surface area contributed by atoms with E-state index in [2.05, 4.69) is 5.32 Å². The summed E-state index contributed by atoms with van der Waals surface area (Å²) in [5.74, 6) is 0. The highest BCUT2D eigenvalue weighted by molar-refractivity contribution is 6.31. The molecule has 1 saturated heterocycles. The topological polar surface area (TPSA) is 32.3 Å². The summed E-state index contributed by atoms with van der Waals surface area (Å²) in [7, 11) is 0. The number of nitrogens with one attached hydrogen (secondary N) is 1. The molecule has 1 aromatic rings. The van der Waals surface area contributed by atoms with Gasteiger partial charge in [0.25, 0.3) is 0 Å². The van der Waals surface area contributed by atoms with Crippen molar-refractivity contribution in [3.05, 3.63) is 34.9 Å². The van der Waals surface area contributed by atoms with Crippen LogP contribution < -0.4 is 5.32 Å². The van der Waals surface area contributed by atoms with Crippen molar-refractivity contribution in [1.29, 1.82) is 0 Å². The molecule has 0 aliphatic carbocycles. The smallest absolute Gasteiger partial charge is 0.0701 e. The third-order valence-corrected chi connectivity index (χ3v) is 3.61. The van der Waals surface area contributed by atoms with Crippen molar-refractivity contribution in [1.82, 2.24) is 5.32 Å². The van der Waals surface area contributed by atoms with Gasteiger partial charge in [0.15, 0.2) is 0 Å². The Labute approximate surface area is 102 Å². The van der Waals surface area contributed by atoms with Crippen LogP contribution in [0.15, 0.2) is 24.3 Å². The second kappa shape index (κ2) is 5.17. The molecule has 1 aromatic carbocycles. The first-order valence-electron chi connectivity index (χ1n) is 5.86. The molecular weight excluding hydrogens is 222 g/mol. The molecule has 0 bridgehead atoms. The van der Waals surface area contributed by atoms with Crippen LogP contribution in [0.2, 0.25) is 5.02 Å². The van der Waals surface area contributed by atoms with Gasteiger partial charge in [0.1, 0.15) is 0 Å². The van der Waals surface area contributed by atoms with E-state index in [9.17, 15) is 5.11 Å². The third-order valence-electron chi connectivity index (χ3n) is 3.24. The minimum atomic E-state index is -0.589. The fourth-order valence-electron chi connectivity index (χ4n) is 2.29. The predicted octanol–water partition coefficient (Wildman–Crippen LogP) is 2.39. The fraction of sp³-hybridized carbons (Fsp3) is 0.538. The lowest BCUT2D eigenvalue weighted by molar-refractivity contribution is 0.0285. The van der Waals surface area contributed by atoms with E-state index in [1.807, 2.05) is 24.3 Å². The second-order valence-electron chi connectivity index (χ2n) is 4.60. The third kappa shape index (κ3) is 2.97. The summed E-state index contributed by atoms with van der Waals surface area (Å²) in [5, 5.41) is 14.6. The monoisotopic (exact) mass is 239 g/mol. The molecule has 0 aromatic heterocycles. The van der Waals surface area contributed by atoms with Crippen LogP contribution in [0.4, 0.5) is 0 Å². The highest BCUT2D eigenvalue weighted by atomic mass is 35.5. The van der Waals surface area contributed by atoms with Crippen molar-refractivity contribution in [3.63, 3.8) is 0 Å². The molecule has 2 nitrogen and oxygen atoms in total. The number of hydrogen-bond donors (Lipinski definition) is 2. The van der Waals surface area contributed by atoms with E-state index in [0.717, 1.165) is 42.9 Å². The standard InChI is InChI=1S/C13H18ClNO/c14-12-5-2-1-4-11(12)10-13(16)6-3-8-15-9-7-13/h1-2,4-5,15-16H,3,6-10H2. The van der Waals surface area contributed by atoms with Gasteiger partial charge in [0.2, 0.25) is 0 Å². The Morgan fingerprint density at radius 1 is 1.25 bits per heavy atom. The van der Waals surface area contributed by atoms with Gasteiger partial charge in [0, 0.05) is 11.4 Å². The summed E-state index contributed by atoms with van der Waals surface area (Å²) >= 11 is 6.12. The van der Waals surface area contributed by atoms with Crippen molar-refractivity contribution in [2.24, 2.45) is 0 Å². The SMILES string of the molecule is OC1(Cc2ccccc2Cl)CCCNCC1. The van der Waals surface area contributed by atoms with Gasteiger partial charge < -0.3 is 10.4 Å². The summed E-state index contributed by atoms with van der Waals surface area (Å²) in [5.41, 5.74) is 0.461. The van der Waals surface area contributed by atoms with E-state index < -0.39 is 5.60 Å². The van der Waals surface area contributed by atoms with Crippen molar-refractivity contribution in [3.8, 4) is 0 Å². The molecule has 0 amide bonds. The molecule has 1 aliphatic rings. The second-order valence-corrected chi connectivity index (χ2v) is 5.00. The number of halogens is 1. The largest absolute Gasteiger partial charge is 0.389 e. The number of hydrogen-bond acceptors (Lipinski definition) is 2. The Bertz CT molecular complexity index is 346.